The molecule has 0 spiro atoms. The molecule has 0 aliphatic rings. The van der Waals surface area contributed by atoms with Crippen molar-refractivity contribution in [2.24, 2.45) is 0 Å². The molecule has 0 bridgehead atoms. The Labute approximate surface area is 106 Å². The van der Waals surface area contributed by atoms with Gasteiger partial charge in [-0.05, 0) is 30.2 Å². The van der Waals surface area contributed by atoms with Gasteiger partial charge in [0.1, 0.15) is 12.4 Å². The van der Waals surface area contributed by atoms with Crippen LogP contribution in [0.2, 0.25) is 5.02 Å². The SMILES string of the molecule is CCc1ccccc1OCc1cc(Cl)ccn1. The number of nitrogens with zero attached hydrogens (tertiary/aromatic N) is 1. The van der Waals surface area contributed by atoms with Crippen LogP contribution in [-0.4, -0.2) is 4.98 Å². The van der Waals surface area contributed by atoms with Gasteiger partial charge in [0.2, 0.25) is 0 Å². The van der Waals surface area contributed by atoms with Crippen LogP contribution in [0.4, 0.5) is 0 Å². The summed E-state index contributed by atoms with van der Waals surface area (Å²) in [5.41, 5.74) is 2.04. The standard InChI is InChI=1S/C14H14ClNO/c1-2-11-5-3-4-6-14(11)17-10-13-9-12(15)7-8-16-13/h3-9H,2,10H2,1H3. The Morgan fingerprint density at radius 3 is 2.82 bits per heavy atom. The average molecular weight is 248 g/mol. The lowest BCUT2D eigenvalue weighted by atomic mass is 10.1. The topological polar surface area (TPSA) is 22.1 Å². The Bertz CT molecular complexity index is 499. The van der Waals surface area contributed by atoms with Crippen molar-refractivity contribution < 1.29 is 4.74 Å². The smallest absolute Gasteiger partial charge is 0.130 e. The zero-order valence-electron chi connectivity index (χ0n) is 9.69. The molecule has 1 aromatic heterocycles. The van der Waals surface area contributed by atoms with Crippen LogP contribution < -0.4 is 4.74 Å². The molecule has 0 N–H and O–H groups in total. The highest BCUT2D eigenvalue weighted by atomic mass is 35.5. The van der Waals surface area contributed by atoms with Gasteiger partial charge in [-0.1, -0.05) is 36.7 Å². The first-order valence-electron chi connectivity index (χ1n) is 5.60. The number of hydrogen-bond acceptors (Lipinski definition) is 2. The van der Waals surface area contributed by atoms with Gasteiger partial charge in [0.25, 0.3) is 0 Å². The molecule has 2 rings (SSSR count). The van der Waals surface area contributed by atoms with E-state index in [1.807, 2.05) is 24.3 Å². The second-order valence-corrected chi connectivity index (χ2v) is 4.15. The van der Waals surface area contributed by atoms with Crippen LogP contribution in [-0.2, 0) is 13.0 Å². The van der Waals surface area contributed by atoms with Crippen LogP contribution in [0.3, 0.4) is 0 Å². The molecule has 0 fully saturated rings. The number of benzene rings is 1. The van der Waals surface area contributed by atoms with E-state index < -0.39 is 0 Å². The first kappa shape index (κ1) is 11.9. The summed E-state index contributed by atoms with van der Waals surface area (Å²) in [6.07, 6.45) is 2.64. The Balaban J connectivity index is 2.07. The number of aromatic nitrogens is 1. The van der Waals surface area contributed by atoms with Crippen LogP contribution in [0.1, 0.15) is 18.2 Å². The first-order chi connectivity index (χ1) is 8.29. The summed E-state index contributed by atoms with van der Waals surface area (Å²) in [4.78, 5) is 4.20. The van der Waals surface area contributed by atoms with Crippen molar-refractivity contribution in [3.8, 4) is 5.75 Å². The summed E-state index contributed by atoms with van der Waals surface area (Å²) in [5, 5.41) is 0.683. The highest BCUT2D eigenvalue weighted by Gasteiger charge is 2.02. The van der Waals surface area contributed by atoms with Crippen molar-refractivity contribution >= 4 is 11.6 Å². The summed E-state index contributed by atoms with van der Waals surface area (Å²) in [5.74, 6) is 0.914. The zero-order chi connectivity index (χ0) is 12.1. The molecule has 2 aromatic rings. The monoisotopic (exact) mass is 247 g/mol. The minimum atomic E-state index is 0.442. The first-order valence-corrected chi connectivity index (χ1v) is 5.98. The van der Waals surface area contributed by atoms with Gasteiger partial charge >= 0.3 is 0 Å². The fraction of sp³-hybridized carbons (Fsp3) is 0.214. The summed E-state index contributed by atoms with van der Waals surface area (Å²) >= 11 is 5.89. The van der Waals surface area contributed by atoms with Crippen molar-refractivity contribution in [3.05, 3.63) is 58.9 Å². The van der Waals surface area contributed by atoms with Crippen LogP contribution in [0.25, 0.3) is 0 Å². The summed E-state index contributed by atoms with van der Waals surface area (Å²) in [6, 6.07) is 11.6. The number of hydrogen-bond donors (Lipinski definition) is 0. The van der Waals surface area contributed by atoms with E-state index >= 15 is 0 Å². The molecule has 17 heavy (non-hydrogen) atoms. The summed E-state index contributed by atoms with van der Waals surface area (Å²) in [7, 11) is 0. The van der Waals surface area contributed by atoms with E-state index in [9.17, 15) is 0 Å². The van der Waals surface area contributed by atoms with Crippen molar-refractivity contribution in [3.63, 3.8) is 0 Å². The maximum absolute atomic E-state index is 5.89. The normalized spacial score (nSPS) is 10.2. The van der Waals surface area contributed by atoms with Gasteiger partial charge in [0, 0.05) is 11.2 Å². The number of para-hydroxylation sites is 1. The minimum absolute atomic E-state index is 0.442. The van der Waals surface area contributed by atoms with E-state index in [-0.39, 0.29) is 0 Å². The molecule has 1 heterocycles. The Morgan fingerprint density at radius 1 is 1.24 bits per heavy atom. The summed E-state index contributed by atoms with van der Waals surface area (Å²) < 4.78 is 5.75. The van der Waals surface area contributed by atoms with Crippen molar-refractivity contribution in [2.75, 3.05) is 0 Å². The van der Waals surface area contributed by atoms with Gasteiger partial charge in [-0.15, -0.1) is 0 Å². The largest absolute Gasteiger partial charge is 0.487 e. The third-order valence-electron chi connectivity index (χ3n) is 2.51. The summed E-state index contributed by atoms with van der Waals surface area (Å²) in [6.45, 7) is 2.55. The van der Waals surface area contributed by atoms with Crippen molar-refractivity contribution in [2.45, 2.75) is 20.0 Å². The van der Waals surface area contributed by atoms with Gasteiger partial charge in [-0.3, -0.25) is 4.98 Å². The lowest BCUT2D eigenvalue weighted by molar-refractivity contribution is 0.298. The van der Waals surface area contributed by atoms with E-state index in [1.165, 1.54) is 5.56 Å². The molecule has 88 valence electrons. The van der Waals surface area contributed by atoms with Gasteiger partial charge in [0.05, 0.1) is 5.69 Å². The number of aryl methyl sites for hydroxylation is 1. The molecule has 0 saturated heterocycles. The molecule has 0 radical (unpaired) electrons. The molecule has 3 heteroatoms. The number of rotatable bonds is 4. The molecule has 0 unspecified atom stereocenters. The predicted molar refractivity (Wildman–Crippen MR) is 69.4 cm³/mol. The molecule has 0 atom stereocenters. The highest BCUT2D eigenvalue weighted by molar-refractivity contribution is 6.30. The quantitative estimate of drug-likeness (QED) is 0.818. The second kappa shape index (κ2) is 5.69. The molecule has 0 amide bonds. The van der Waals surface area contributed by atoms with E-state index in [1.54, 1.807) is 12.3 Å². The molecule has 0 aliphatic heterocycles. The molecular formula is C14H14ClNO. The van der Waals surface area contributed by atoms with Crippen molar-refractivity contribution in [1.29, 1.82) is 0 Å². The van der Waals surface area contributed by atoms with Crippen LogP contribution in [0.15, 0.2) is 42.6 Å². The van der Waals surface area contributed by atoms with Crippen molar-refractivity contribution in [1.82, 2.24) is 4.98 Å². The third kappa shape index (κ3) is 3.21. The Hall–Kier alpha value is -1.54. The molecule has 2 nitrogen and oxygen atoms in total. The van der Waals surface area contributed by atoms with Gasteiger partial charge in [-0.2, -0.15) is 0 Å². The number of halogens is 1. The number of ether oxygens (including phenoxy) is 1. The van der Waals surface area contributed by atoms with Gasteiger partial charge < -0.3 is 4.74 Å². The third-order valence-corrected chi connectivity index (χ3v) is 2.74. The maximum atomic E-state index is 5.89. The Morgan fingerprint density at radius 2 is 2.06 bits per heavy atom. The zero-order valence-corrected chi connectivity index (χ0v) is 10.4. The lowest BCUT2D eigenvalue weighted by Gasteiger charge is -2.09. The number of pyridine rings is 1. The fourth-order valence-electron chi connectivity index (χ4n) is 1.62. The minimum Gasteiger partial charge on any atom is -0.487 e. The Kier molecular flexibility index (Phi) is 3.99. The fourth-order valence-corrected chi connectivity index (χ4v) is 1.80. The molecular weight excluding hydrogens is 234 g/mol. The van der Waals surface area contributed by atoms with Gasteiger partial charge in [0.15, 0.2) is 0 Å². The maximum Gasteiger partial charge on any atom is 0.130 e. The highest BCUT2D eigenvalue weighted by Crippen LogP contribution is 2.19. The molecule has 0 aliphatic carbocycles. The van der Waals surface area contributed by atoms with Gasteiger partial charge in [-0.25, -0.2) is 0 Å². The van der Waals surface area contributed by atoms with E-state index in [0.717, 1.165) is 17.9 Å². The van der Waals surface area contributed by atoms with Crippen LogP contribution in [0, 0.1) is 0 Å². The van der Waals surface area contributed by atoms with E-state index in [4.69, 9.17) is 16.3 Å². The lowest BCUT2D eigenvalue weighted by Crippen LogP contribution is -1.99. The molecule has 1 aromatic carbocycles. The average Bonchev–Trinajstić information content (AvgIpc) is 2.37. The molecule has 0 saturated carbocycles. The van der Waals surface area contributed by atoms with Crippen LogP contribution in [0.5, 0.6) is 5.75 Å². The predicted octanol–water partition coefficient (Wildman–Crippen LogP) is 3.88. The second-order valence-electron chi connectivity index (χ2n) is 3.72. The van der Waals surface area contributed by atoms with E-state index in [0.29, 0.717) is 11.6 Å². The van der Waals surface area contributed by atoms with E-state index in [2.05, 4.69) is 18.0 Å². The van der Waals surface area contributed by atoms with Crippen LogP contribution >= 0.6 is 11.6 Å².